The molecule has 2 rings (SSSR count). The Bertz CT molecular complexity index is 221. The standard InChI is InChI=1S/C11H20N2O/c1-11(4-7-14-8-5-11)9-13-6-2-3-10(13)12/h12H,2-9H2,1H3. The first-order valence-corrected chi connectivity index (χ1v) is 5.60. The van der Waals surface area contributed by atoms with Crippen molar-refractivity contribution in [3.8, 4) is 0 Å². The Morgan fingerprint density at radius 3 is 2.71 bits per heavy atom. The van der Waals surface area contributed by atoms with Gasteiger partial charge in [0.05, 0.1) is 5.84 Å². The molecule has 1 N–H and O–H groups in total. The molecular weight excluding hydrogens is 176 g/mol. The van der Waals surface area contributed by atoms with Crippen molar-refractivity contribution in [3.05, 3.63) is 0 Å². The predicted molar refractivity (Wildman–Crippen MR) is 56.7 cm³/mol. The molecule has 0 unspecified atom stereocenters. The number of ether oxygens (including phenoxy) is 1. The number of rotatable bonds is 2. The molecule has 2 aliphatic rings. The molecule has 14 heavy (non-hydrogen) atoms. The summed E-state index contributed by atoms with van der Waals surface area (Å²) >= 11 is 0. The van der Waals surface area contributed by atoms with Gasteiger partial charge in [0, 0.05) is 32.7 Å². The first kappa shape index (κ1) is 9.97. The highest BCUT2D eigenvalue weighted by atomic mass is 16.5. The lowest BCUT2D eigenvalue weighted by Gasteiger charge is -2.37. The van der Waals surface area contributed by atoms with Crippen LogP contribution in [0.3, 0.4) is 0 Å². The molecule has 2 fully saturated rings. The molecule has 0 aromatic rings. The first-order valence-electron chi connectivity index (χ1n) is 5.60. The molecule has 3 heteroatoms. The van der Waals surface area contributed by atoms with E-state index in [1.54, 1.807) is 0 Å². The van der Waals surface area contributed by atoms with E-state index in [0.29, 0.717) is 5.41 Å². The molecule has 2 saturated heterocycles. The quantitative estimate of drug-likeness (QED) is 0.732. The summed E-state index contributed by atoms with van der Waals surface area (Å²) in [6.07, 6.45) is 4.45. The average molecular weight is 196 g/mol. The predicted octanol–water partition coefficient (Wildman–Crippen LogP) is 1.88. The van der Waals surface area contributed by atoms with Crippen molar-refractivity contribution < 1.29 is 4.74 Å². The van der Waals surface area contributed by atoms with Crippen LogP contribution in [-0.2, 0) is 4.74 Å². The van der Waals surface area contributed by atoms with Gasteiger partial charge in [-0.25, -0.2) is 0 Å². The zero-order valence-corrected chi connectivity index (χ0v) is 9.01. The number of hydrogen-bond acceptors (Lipinski definition) is 2. The maximum Gasteiger partial charge on any atom is 0.0958 e. The summed E-state index contributed by atoms with van der Waals surface area (Å²) in [7, 11) is 0. The number of hydrogen-bond donors (Lipinski definition) is 1. The smallest absolute Gasteiger partial charge is 0.0958 e. The minimum atomic E-state index is 0.384. The van der Waals surface area contributed by atoms with Crippen LogP contribution in [0.2, 0.25) is 0 Å². The Labute approximate surface area is 85.9 Å². The number of likely N-dealkylation sites (tertiary alicyclic amines) is 1. The lowest BCUT2D eigenvalue weighted by atomic mass is 9.82. The second kappa shape index (κ2) is 3.89. The molecule has 0 saturated carbocycles. The van der Waals surface area contributed by atoms with Gasteiger partial charge < -0.3 is 9.64 Å². The Morgan fingerprint density at radius 1 is 1.43 bits per heavy atom. The third-order valence-corrected chi connectivity index (χ3v) is 3.50. The van der Waals surface area contributed by atoms with Crippen molar-refractivity contribution in [1.82, 2.24) is 4.90 Å². The summed E-state index contributed by atoms with van der Waals surface area (Å²) in [6.45, 7) is 6.29. The van der Waals surface area contributed by atoms with Crippen LogP contribution in [0.25, 0.3) is 0 Å². The summed E-state index contributed by atoms with van der Waals surface area (Å²) in [6, 6.07) is 0. The molecule has 0 radical (unpaired) electrons. The molecule has 0 bridgehead atoms. The Morgan fingerprint density at radius 2 is 2.14 bits per heavy atom. The SMILES string of the molecule is CC1(CN2CCCC2=N)CCOCC1. The Kier molecular flexibility index (Phi) is 2.77. The van der Waals surface area contributed by atoms with E-state index in [4.69, 9.17) is 10.1 Å². The van der Waals surface area contributed by atoms with Gasteiger partial charge in [-0.2, -0.15) is 0 Å². The van der Waals surface area contributed by atoms with E-state index in [0.717, 1.165) is 51.4 Å². The highest BCUT2D eigenvalue weighted by Gasteiger charge is 2.31. The largest absolute Gasteiger partial charge is 0.381 e. The van der Waals surface area contributed by atoms with Crippen LogP contribution in [0.1, 0.15) is 32.6 Å². The second-order valence-corrected chi connectivity index (χ2v) is 4.89. The number of nitrogens with one attached hydrogen (secondary N) is 1. The molecular formula is C11H20N2O. The molecule has 3 nitrogen and oxygen atoms in total. The van der Waals surface area contributed by atoms with Crippen LogP contribution < -0.4 is 0 Å². The van der Waals surface area contributed by atoms with E-state index in [-0.39, 0.29) is 0 Å². The minimum absolute atomic E-state index is 0.384. The van der Waals surface area contributed by atoms with Gasteiger partial charge in [-0.1, -0.05) is 6.92 Å². The third-order valence-electron chi connectivity index (χ3n) is 3.50. The summed E-state index contributed by atoms with van der Waals surface area (Å²) in [4.78, 5) is 2.26. The van der Waals surface area contributed by atoms with Crippen LogP contribution in [0.5, 0.6) is 0 Å². The summed E-state index contributed by atoms with van der Waals surface area (Å²) < 4.78 is 5.38. The van der Waals surface area contributed by atoms with E-state index in [9.17, 15) is 0 Å². The molecule has 0 aromatic heterocycles. The number of nitrogens with zero attached hydrogens (tertiary/aromatic N) is 1. The molecule has 0 amide bonds. The van der Waals surface area contributed by atoms with E-state index in [1.807, 2.05) is 0 Å². The highest BCUT2D eigenvalue weighted by Crippen LogP contribution is 2.31. The minimum Gasteiger partial charge on any atom is -0.381 e. The fraction of sp³-hybridized carbons (Fsp3) is 0.909. The van der Waals surface area contributed by atoms with E-state index in [2.05, 4.69) is 11.8 Å². The van der Waals surface area contributed by atoms with Crippen LogP contribution in [-0.4, -0.2) is 37.0 Å². The molecule has 2 aliphatic heterocycles. The van der Waals surface area contributed by atoms with Crippen molar-refractivity contribution in [1.29, 1.82) is 5.41 Å². The Hall–Kier alpha value is -0.570. The second-order valence-electron chi connectivity index (χ2n) is 4.89. The van der Waals surface area contributed by atoms with E-state index >= 15 is 0 Å². The summed E-state index contributed by atoms with van der Waals surface area (Å²) in [5.74, 6) is 0.845. The van der Waals surface area contributed by atoms with Gasteiger partial charge >= 0.3 is 0 Å². The van der Waals surface area contributed by atoms with Crippen molar-refractivity contribution in [2.45, 2.75) is 32.6 Å². The van der Waals surface area contributed by atoms with Gasteiger partial charge in [0.2, 0.25) is 0 Å². The molecule has 2 heterocycles. The van der Waals surface area contributed by atoms with Crippen LogP contribution in [0.15, 0.2) is 0 Å². The van der Waals surface area contributed by atoms with Gasteiger partial charge in [-0.3, -0.25) is 5.41 Å². The zero-order valence-electron chi connectivity index (χ0n) is 9.01. The van der Waals surface area contributed by atoms with E-state index < -0.39 is 0 Å². The maximum atomic E-state index is 7.81. The lowest BCUT2D eigenvalue weighted by Crippen LogP contribution is -2.39. The zero-order chi connectivity index (χ0) is 10.0. The number of amidine groups is 1. The molecule has 0 aliphatic carbocycles. The van der Waals surface area contributed by atoms with Crippen molar-refractivity contribution in [2.24, 2.45) is 5.41 Å². The molecule has 0 atom stereocenters. The van der Waals surface area contributed by atoms with Crippen LogP contribution in [0, 0.1) is 10.8 Å². The van der Waals surface area contributed by atoms with Gasteiger partial charge in [0.1, 0.15) is 0 Å². The van der Waals surface area contributed by atoms with Gasteiger partial charge in [-0.05, 0) is 24.7 Å². The topological polar surface area (TPSA) is 36.3 Å². The average Bonchev–Trinajstić information content (AvgIpc) is 2.52. The van der Waals surface area contributed by atoms with Crippen LogP contribution >= 0.6 is 0 Å². The normalized spacial score (nSPS) is 26.9. The third kappa shape index (κ3) is 2.08. The Balaban J connectivity index is 1.91. The van der Waals surface area contributed by atoms with Crippen molar-refractivity contribution >= 4 is 5.84 Å². The fourth-order valence-corrected chi connectivity index (χ4v) is 2.39. The van der Waals surface area contributed by atoms with Crippen LogP contribution in [0.4, 0.5) is 0 Å². The monoisotopic (exact) mass is 196 g/mol. The van der Waals surface area contributed by atoms with Gasteiger partial charge in [-0.15, -0.1) is 0 Å². The van der Waals surface area contributed by atoms with Crippen molar-refractivity contribution in [2.75, 3.05) is 26.3 Å². The molecule has 0 spiro atoms. The highest BCUT2D eigenvalue weighted by molar-refractivity contribution is 5.80. The molecule has 80 valence electrons. The lowest BCUT2D eigenvalue weighted by molar-refractivity contribution is 0.0150. The van der Waals surface area contributed by atoms with Gasteiger partial charge in [0.15, 0.2) is 0 Å². The fourth-order valence-electron chi connectivity index (χ4n) is 2.39. The first-order chi connectivity index (χ1) is 6.70. The van der Waals surface area contributed by atoms with Gasteiger partial charge in [0.25, 0.3) is 0 Å². The summed E-state index contributed by atoms with van der Waals surface area (Å²) in [5, 5.41) is 7.81. The van der Waals surface area contributed by atoms with Crippen molar-refractivity contribution in [3.63, 3.8) is 0 Å². The summed E-state index contributed by atoms with van der Waals surface area (Å²) in [5.41, 5.74) is 0.384. The molecule has 0 aromatic carbocycles. The van der Waals surface area contributed by atoms with E-state index in [1.165, 1.54) is 6.42 Å². The maximum absolute atomic E-state index is 7.81.